The van der Waals surface area contributed by atoms with Crippen LogP contribution in [0.3, 0.4) is 0 Å². The Hall–Kier alpha value is 0.0600. The second-order valence-corrected chi connectivity index (χ2v) is 7.49. The fraction of sp³-hybridized carbons (Fsp3) is 0. The Balaban J connectivity index is 0.00000161. The number of hydrogen-bond donors (Lipinski definition) is 0. The van der Waals surface area contributed by atoms with Gasteiger partial charge in [-0.2, -0.15) is 0 Å². The van der Waals surface area contributed by atoms with E-state index in [0.717, 1.165) is 30.1 Å². The first-order chi connectivity index (χ1) is 9.67. The Morgan fingerprint density at radius 3 is 2.33 bits per heavy atom. The van der Waals surface area contributed by atoms with Gasteiger partial charge >= 0.3 is 29.6 Å². The van der Waals surface area contributed by atoms with Crippen LogP contribution in [0, 0.1) is 0 Å². The Morgan fingerprint density at radius 2 is 1.76 bits per heavy atom. The summed E-state index contributed by atoms with van der Waals surface area (Å²) in [6.45, 7) is 7.75. The molecule has 21 heavy (non-hydrogen) atoms. The van der Waals surface area contributed by atoms with E-state index in [4.69, 9.17) is 12.6 Å². The molecule has 100 valence electrons. The van der Waals surface area contributed by atoms with Crippen molar-refractivity contribution < 1.29 is 29.6 Å². The molecule has 2 aromatic heterocycles. The van der Waals surface area contributed by atoms with Crippen LogP contribution in [-0.4, -0.2) is 0 Å². The number of hydrogen-bond acceptors (Lipinski definition) is 3. The molecular weight excluding hydrogens is 391 g/mol. The molecule has 0 amide bonds. The van der Waals surface area contributed by atoms with Crippen LogP contribution < -0.4 is 29.6 Å². The van der Waals surface area contributed by atoms with E-state index in [9.17, 15) is 0 Å². The summed E-state index contributed by atoms with van der Waals surface area (Å²) in [5.41, 5.74) is 1.09. The Morgan fingerprint density at radius 1 is 1.05 bits per heavy atom. The molecule has 0 atom stereocenters. The topological polar surface area (TPSA) is 0 Å². The van der Waals surface area contributed by atoms with Crippen molar-refractivity contribution in [3.05, 3.63) is 52.3 Å². The van der Waals surface area contributed by atoms with Crippen molar-refractivity contribution in [3.8, 4) is 9.75 Å². The average Bonchev–Trinajstić information content (AvgIpc) is 2.97. The van der Waals surface area contributed by atoms with Crippen LogP contribution >= 0.6 is 38.6 Å². The molecule has 0 radical (unpaired) electrons. The van der Waals surface area contributed by atoms with Crippen molar-refractivity contribution >= 4 is 73.5 Å². The van der Waals surface area contributed by atoms with E-state index in [1.807, 2.05) is 24.3 Å². The Labute approximate surface area is 168 Å². The molecule has 2 heterocycles. The molecule has 0 fully saturated rings. The number of halogens is 1. The zero-order valence-electron chi connectivity index (χ0n) is 11.5. The summed E-state index contributed by atoms with van der Waals surface area (Å²) >= 11 is 12.8. The number of benzene rings is 1. The molecular formula is C16H10BrNaS3. The molecule has 0 spiro atoms. The Bertz CT molecular complexity index is 830. The van der Waals surface area contributed by atoms with E-state index < -0.39 is 0 Å². The minimum absolute atomic E-state index is 0. The molecule has 0 saturated heterocycles. The van der Waals surface area contributed by atoms with Gasteiger partial charge in [0.2, 0.25) is 0 Å². The summed E-state index contributed by atoms with van der Waals surface area (Å²) in [4.78, 5) is 4.36. The van der Waals surface area contributed by atoms with Gasteiger partial charge in [-0.05, 0) is 27.4 Å². The minimum atomic E-state index is 0. The normalized spacial score (nSPS) is 10.3. The molecule has 3 rings (SSSR count). The summed E-state index contributed by atoms with van der Waals surface area (Å²) < 4.78 is 2.29. The summed E-state index contributed by atoms with van der Waals surface area (Å²) in [6, 6.07) is 8.28. The quantitative estimate of drug-likeness (QED) is 0.478. The first-order valence-corrected chi connectivity index (χ1v) is 8.77. The standard InChI is InChI=1S/C16H11BrS3.Na/c1-3-9-11(4-2)19-15(13(9)17)16-14(18)10-7-5-6-8-12(10)20-16;/h3-8,18H,1-2H2;/q;+1/p-1. The fourth-order valence-corrected chi connectivity index (χ4v) is 6.00. The van der Waals surface area contributed by atoms with Crippen molar-refractivity contribution in [3.63, 3.8) is 0 Å². The van der Waals surface area contributed by atoms with Crippen LogP contribution in [0.4, 0.5) is 0 Å². The molecule has 0 N–H and O–H groups in total. The molecule has 0 saturated carbocycles. The molecule has 0 unspecified atom stereocenters. The van der Waals surface area contributed by atoms with Gasteiger partial charge in [-0.15, -0.1) is 27.6 Å². The smallest absolute Gasteiger partial charge is 0.778 e. The van der Waals surface area contributed by atoms with E-state index in [2.05, 4.69) is 41.2 Å². The summed E-state index contributed by atoms with van der Waals surface area (Å²) in [7, 11) is 0. The van der Waals surface area contributed by atoms with Gasteiger partial charge in [-0.25, -0.2) is 0 Å². The van der Waals surface area contributed by atoms with Crippen LogP contribution in [0.5, 0.6) is 0 Å². The first kappa shape index (κ1) is 17.4. The van der Waals surface area contributed by atoms with Gasteiger partial charge in [0.1, 0.15) is 0 Å². The molecule has 0 bridgehead atoms. The Kier molecular flexibility index (Phi) is 5.88. The summed E-state index contributed by atoms with van der Waals surface area (Å²) in [5, 5.41) is 1.16. The van der Waals surface area contributed by atoms with Crippen molar-refractivity contribution in [1.29, 1.82) is 0 Å². The minimum Gasteiger partial charge on any atom is -0.778 e. The van der Waals surface area contributed by atoms with Crippen LogP contribution in [0.1, 0.15) is 10.4 Å². The van der Waals surface area contributed by atoms with E-state index in [1.165, 1.54) is 9.58 Å². The van der Waals surface area contributed by atoms with Crippen LogP contribution in [0.2, 0.25) is 0 Å². The summed E-state index contributed by atoms with van der Waals surface area (Å²) in [5.74, 6) is 0. The van der Waals surface area contributed by atoms with E-state index in [0.29, 0.717) is 0 Å². The molecule has 0 aliphatic heterocycles. The van der Waals surface area contributed by atoms with Gasteiger partial charge in [0.25, 0.3) is 0 Å². The molecule has 1 aromatic carbocycles. The molecule has 0 aliphatic rings. The van der Waals surface area contributed by atoms with Gasteiger partial charge < -0.3 is 12.6 Å². The predicted octanol–water partition coefficient (Wildman–Crippen LogP) is 3.59. The fourth-order valence-electron chi connectivity index (χ4n) is 2.10. The molecule has 0 aliphatic carbocycles. The van der Waals surface area contributed by atoms with Crippen molar-refractivity contribution in [2.24, 2.45) is 0 Å². The largest absolute Gasteiger partial charge is 1.00 e. The third-order valence-corrected chi connectivity index (χ3v) is 7.23. The molecule has 0 nitrogen and oxygen atoms in total. The molecule has 5 heteroatoms. The molecule has 3 aromatic rings. The van der Waals surface area contributed by atoms with Crippen molar-refractivity contribution in [2.45, 2.75) is 4.90 Å². The second-order valence-electron chi connectivity index (χ2n) is 4.19. The maximum atomic E-state index is 5.64. The van der Waals surface area contributed by atoms with Crippen molar-refractivity contribution in [1.82, 2.24) is 0 Å². The zero-order chi connectivity index (χ0) is 14.3. The van der Waals surface area contributed by atoms with Gasteiger partial charge in [0, 0.05) is 24.5 Å². The third kappa shape index (κ3) is 2.95. The van der Waals surface area contributed by atoms with Crippen LogP contribution in [0.25, 0.3) is 32.0 Å². The van der Waals surface area contributed by atoms with E-state index >= 15 is 0 Å². The van der Waals surface area contributed by atoms with Gasteiger partial charge in [0.05, 0.1) is 4.88 Å². The van der Waals surface area contributed by atoms with Gasteiger partial charge in [-0.1, -0.05) is 43.5 Å². The number of thiophene rings is 2. The van der Waals surface area contributed by atoms with Crippen LogP contribution in [0.15, 0.2) is 46.8 Å². The zero-order valence-corrected chi connectivity index (χ0v) is 17.5. The maximum Gasteiger partial charge on any atom is 1.00 e. The second kappa shape index (κ2) is 7.09. The van der Waals surface area contributed by atoms with Gasteiger partial charge in [-0.3, -0.25) is 0 Å². The SMILES string of the molecule is C=Cc1sc(-c2sc3ccccc3c2[S-])c(Br)c1C=C.[Na+]. The average molecular weight is 401 g/mol. The summed E-state index contributed by atoms with van der Waals surface area (Å²) in [6.07, 6.45) is 3.73. The maximum absolute atomic E-state index is 5.64. The number of fused-ring (bicyclic) bond motifs is 1. The monoisotopic (exact) mass is 400 g/mol. The van der Waals surface area contributed by atoms with E-state index in [1.54, 1.807) is 22.7 Å². The van der Waals surface area contributed by atoms with Crippen LogP contribution in [-0.2, 0) is 12.6 Å². The third-order valence-electron chi connectivity index (χ3n) is 3.06. The van der Waals surface area contributed by atoms with Crippen molar-refractivity contribution in [2.75, 3.05) is 0 Å². The van der Waals surface area contributed by atoms with Gasteiger partial charge in [0.15, 0.2) is 0 Å². The number of rotatable bonds is 3. The van der Waals surface area contributed by atoms with E-state index in [-0.39, 0.29) is 29.6 Å². The predicted molar refractivity (Wildman–Crippen MR) is 98.7 cm³/mol. The first-order valence-electron chi connectivity index (χ1n) is 5.93.